The summed E-state index contributed by atoms with van der Waals surface area (Å²) in [6.07, 6.45) is 3.30. The predicted octanol–water partition coefficient (Wildman–Crippen LogP) is 3.51. The van der Waals surface area contributed by atoms with Gasteiger partial charge in [0.15, 0.2) is 5.79 Å². The second-order valence-electron chi connectivity index (χ2n) is 7.68. The van der Waals surface area contributed by atoms with Crippen LogP contribution in [-0.4, -0.2) is 57.2 Å². The summed E-state index contributed by atoms with van der Waals surface area (Å²) >= 11 is 6.44. The molecule has 0 N–H and O–H groups in total. The van der Waals surface area contributed by atoms with Crippen LogP contribution >= 0.6 is 11.6 Å². The second-order valence-corrected chi connectivity index (χ2v) is 8.09. The zero-order valence-electron chi connectivity index (χ0n) is 16.8. The molecule has 8 heteroatoms. The number of rotatable bonds is 3. The van der Waals surface area contributed by atoms with Crippen LogP contribution in [0.1, 0.15) is 23.3 Å². The number of carbonyl (C=O) groups excluding carboxylic acids is 1. The number of likely N-dealkylation sites (tertiary alicyclic amines) is 1. The van der Waals surface area contributed by atoms with Crippen molar-refractivity contribution < 1.29 is 14.3 Å². The summed E-state index contributed by atoms with van der Waals surface area (Å²) in [6, 6.07) is 13.2. The minimum Gasteiger partial charge on any atom is -0.349 e. The van der Waals surface area contributed by atoms with Crippen LogP contribution in [-0.2, 0) is 16.5 Å². The lowest BCUT2D eigenvalue weighted by Crippen LogP contribution is -2.47. The molecule has 2 aliphatic heterocycles. The van der Waals surface area contributed by atoms with Crippen molar-refractivity contribution in [3.63, 3.8) is 0 Å². The minimum atomic E-state index is -0.520. The van der Waals surface area contributed by atoms with E-state index < -0.39 is 5.79 Å². The van der Waals surface area contributed by atoms with Crippen molar-refractivity contribution in [1.29, 1.82) is 0 Å². The Morgan fingerprint density at radius 2 is 1.83 bits per heavy atom. The van der Waals surface area contributed by atoms with Crippen molar-refractivity contribution in [1.82, 2.24) is 19.2 Å². The molecule has 5 rings (SSSR count). The molecule has 2 fully saturated rings. The molecule has 4 heterocycles. The number of hydrogen-bond donors (Lipinski definition) is 0. The van der Waals surface area contributed by atoms with Gasteiger partial charge in [-0.15, -0.1) is 0 Å². The number of aryl methyl sites for hydroxylation is 1. The van der Waals surface area contributed by atoms with Crippen molar-refractivity contribution in [2.45, 2.75) is 18.6 Å². The normalized spacial score (nSPS) is 18.3. The summed E-state index contributed by atoms with van der Waals surface area (Å²) in [6.45, 7) is 2.39. The van der Waals surface area contributed by atoms with Gasteiger partial charge >= 0.3 is 0 Å². The van der Waals surface area contributed by atoms with Crippen LogP contribution in [0.4, 0.5) is 0 Å². The quantitative estimate of drug-likeness (QED) is 0.643. The van der Waals surface area contributed by atoms with Crippen LogP contribution in [0.25, 0.3) is 17.1 Å². The smallest absolute Gasteiger partial charge is 0.272 e. The first-order valence-corrected chi connectivity index (χ1v) is 10.5. The van der Waals surface area contributed by atoms with E-state index >= 15 is 0 Å². The molecule has 0 radical (unpaired) electrons. The number of amides is 1. The van der Waals surface area contributed by atoms with Crippen molar-refractivity contribution in [3.8, 4) is 17.1 Å². The minimum absolute atomic E-state index is 0.0734. The standard InChI is InChI=1S/C22H23ClN4O3/c1-25-10-4-7-19(25)17-15-20(27(24-17)18-6-3-2-5-16(18)23)21(28)26-11-8-22(9-12-26)29-13-14-30-22/h2-7,10,15H,8-9,11-14H2,1H3. The maximum absolute atomic E-state index is 13.5. The number of nitrogens with zero attached hydrogens (tertiary/aromatic N) is 4. The fourth-order valence-electron chi connectivity index (χ4n) is 4.19. The highest BCUT2D eigenvalue weighted by Crippen LogP contribution is 2.33. The SMILES string of the molecule is Cn1cccc1-c1cc(C(=O)N2CCC3(CC2)OCCO3)n(-c2ccccc2Cl)n1. The molecule has 2 aliphatic rings. The number of benzene rings is 1. The van der Waals surface area contributed by atoms with E-state index in [4.69, 9.17) is 26.2 Å². The highest BCUT2D eigenvalue weighted by molar-refractivity contribution is 6.32. The predicted molar refractivity (Wildman–Crippen MR) is 113 cm³/mol. The van der Waals surface area contributed by atoms with Gasteiger partial charge in [-0.05, 0) is 30.3 Å². The summed E-state index contributed by atoms with van der Waals surface area (Å²) in [4.78, 5) is 15.4. The third kappa shape index (κ3) is 3.33. The summed E-state index contributed by atoms with van der Waals surface area (Å²) in [5, 5.41) is 5.29. The second kappa shape index (κ2) is 7.58. The number of hydrogen-bond acceptors (Lipinski definition) is 4. The molecule has 2 aromatic heterocycles. The van der Waals surface area contributed by atoms with E-state index in [-0.39, 0.29) is 5.91 Å². The highest BCUT2D eigenvalue weighted by Gasteiger charge is 2.41. The summed E-state index contributed by atoms with van der Waals surface area (Å²) in [5.41, 5.74) is 2.82. The summed E-state index contributed by atoms with van der Waals surface area (Å²) < 4.78 is 15.2. The van der Waals surface area contributed by atoms with Crippen LogP contribution in [0.5, 0.6) is 0 Å². The molecule has 3 aromatic rings. The van der Waals surface area contributed by atoms with E-state index in [9.17, 15) is 4.79 Å². The molecule has 0 aliphatic carbocycles. The van der Waals surface area contributed by atoms with Crippen LogP contribution in [0, 0.1) is 0 Å². The van der Waals surface area contributed by atoms with E-state index in [1.807, 2.05) is 59.1 Å². The molecule has 7 nitrogen and oxygen atoms in total. The van der Waals surface area contributed by atoms with Crippen LogP contribution < -0.4 is 0 Å². The number of piperidine rings is 1. The molecule has 156 valence electrons. The third-order valence-electron chi connectivity index (χ3n) is 5.84. The van der Waals surface area contributed by atoms with Gasteiger partial charge in [-0.25, -0.2) is 4.68 Å². The number of halogens is 1. The highest BCUT2D eigenvalue weighted by atomic mass is 35.5. The largest absolute Gasteiger partial charge is 0.349 e. The molecule has 1 aromatic carbocycles. The Hall–Kier alpha value is -2.61. The van der Waals surface area contributed by atoms with Crippen LogP contribution in [0.15, 0.2) is 48.7 Å². The molecule has 30 heavy (non-hydrogen) atoms. The lowest BCUT2D eigenvalue weighted by molar-refractivity contribution is -0.181. The molecule has 0 atom stereocenters. The molecule has 0 saturated carbocycles. The zero-order valence-corrected chi connectivity index (χ0v) is 17.5. The van der Waals surface area contributed by atoms with E-state index in [0.717, 1.165) is 11.4 Å². The molecule has 2 saturated heterocycles. The van der Waals surface area contributed by atoms with Crippen LogP contribution in [0.2, 0.25) is 5.02 Å². The lowest BCUT2D eigenvalue weighted by atomic mass is 10.0. The molecule has 0 unspecified atom stereocenters. The average Bonchev–Trinajstić information content (AvgIpc) is 3.49. The van der Waals surface area contributed by atoms with E-state index in [2.05, 4.69) is 0 Å². The van der Waals surface area contributed by atoms with Crippen molar-refractivity contribution in [2.24, 2.45) is 7.05 Å². The molecule has 0 bridgehead atoms. The molecular weight excluding hydrogens is 404 g/mol. The Morgan fingerprint density at radius 3 is 2.50 bits per heavy atom. The Kier molecular flexibility index (Phi) is 4.89. The fourth-order valence-corrected chi connectivity index (χ4v) is 4.41. The maximum atomic E-state index is 13.5. The Labute approximate surface area is 179 Å². The first-order chi connectivity index (χ1) is 14.6. The number of aromatic nitrogens is 3. The van der Waals surface area contributed by atoms with Crippen molar-refractivity contribution >= 4 is 17.5 Å². The van der Waals surface area contributed by atoms with Gasteiger partial charge in [0.2, 0.25) is 0 Å². The Morgan fingerprint density at radius 1 is 1.10 bits per heavy atom. The Balaban J connectivity index is 1.50. The van der Waals surface area contributed by atoms with Gasteiger partial charge in [-0.1, -0.05) is 23.7 Å². The maximum Gasteiger partial charge on any atom is 0.272 e. The number of para-hydroxylation sites is 1. The lowest BCUT2D eigenvalue weighted by Gasteiger charge is -2.37. The summed E-state index contributed by atoms with van der Waals surface area (Å²) in [7, 11) is 1.96. The third-order valence-corrected chi connectivity index (χ3v) is 6.16. The van der Waals surface area contributed by atoms with E-state index in [1.54, 1.807) is 10.7 Å². The van der Waals surface area contributed by atoms with Crippen molar-refractivity contribution in [3.05, 3.63) is 59.4 Å². The monoisotopic (exact) mass is 426 g/mol. The van der Waals surface area contributed by atoms with E-state index in [0.29, 0.717) is 55.5 Å². The Bertz CT molecular complexity index is 1070. The van der Waals surface area contributed by atoms with Gasteiger partial charge in [0.25, 0.3) is 5.91 Å². The summed E-state index contributed by atoms with van der Waals surface area (Å²) in [5.74, 6) is -0.593. The average molecular weight is 427 g/mol. The molecule has 1 spiro atoms. The van der Waals surface area contributed by atoms with Gasteiger partial charge in [-0.3, -0.25) is 4.79 Å². The molecule has 1 amide bonds. The van der Waals surface area contributed by atoms with Crippen LogP contribution in [0.3, 0.4) is 0 Å². The van der Waals surface area contributed by atoms with Gasteiger partial charge in [0.05, 0.1) is 29.6 Å². The van der Waals surface area contributed by atoms with Gasteiger partial charge < -0.3 is 18.9 Å². The zero-order chi connectivity index (χ0) is 20.7. The van der Waals surface area contributed by atoms with E-state index in [1.165, 1.54) is 0 Å². The van der Waals surface area contributed by atoms with Gasteiger partial charge in [0.1, 0.15) is 11.4 Å². The first-order valence-electron chi connectivity index (χ1n) is 10.1. The van der Waals surface area contributed by atoms with Crippen molar-refractivity contribution in [2.75, 3.05) is 26.3 Å². The van der Waals surface area contributed by atoms with Gasteiger partial charge in [0, 0.05) is 39.2 Å². The first kappa shape index (κ1) is 19.4. The molecular formula is C22H23ClN4O3. The number of ether oxygens (including phenoxy) is 2. The fraction of sp³-hybridized carbons (Fsp3) is 0.364. The number of carbonyl (C=O) groups is 1. The van der Waals surface area contributed by atoms with Gasteiger partial charge in [-0.2, -0.15) is 5.10 Å². The topological polar surface area (TPSA) is 61.5 Å².